The van der Waals surface area contributed by atoms with Gasteiger partial charge in [-0.2, -0.15) is 0 Å². The van der Waals surface area contributed by atoms with E-state index in [0.717, 1.165) is 12.3 Å². The number of fused-ring (bicyclic) bond motifs is 1. The number of hydrogen-bond donors (Lipinski definition) is 2. The number of H-pyrrole nitrogens is 1. The Morgan fingerprint density at radius 3 is 3.03 bits per heavy atom. The second-order valence-corrected chi connectivity index (χ2v) is 7.88. The van der Waals surface area contributed by atoms with Crippen molar-refractivity contribution in [2.75, 3.05) is 11.4 Å². The zero-order valence-electron chi connectivity index (χ0n) is 17.1. The molecule has 2 N–H and O–H groups in total. The summed E-state index contributed by atoms with van der Waals surface area (Å²) in [5.74, 6) is -0.176. The van der Waals surface area contributed by atoms with Crippen molar-refractivity contribution in [3.8, 4) is 11.4 Å². The number of nitrogens with zero attached hydrogens (tertiary/aromatic N) is 7. The summed E-state index contributed by atoms with van der Waals surface area (Å²) in [6, 6.07) is 3.89. The predicted octanol–water partition coefficient (Wildman–Crippen LogP) is 1.49. The number of alkyl halides is 1. The first-order chi connectivity index (χ1) is 15.4. The van der Waals surface area contributed by atoms with Crippen LogP contribution in [0.4, 0.5) is 14.6 Å². The molecule has 32 heavy (non-hydrogen) atoms. The fourth-order valence-corrected chi connectivity index (χ4v) is 4.02. The topological polar surface area (TPSA) is 117 Å². The average molecular weight is 442 g/mol. The zero-order chi connectivity index (χ0) is 22.4. The van der Waals surface area contributed by atoms with Crippen LogP contribution in [0.2, 0.25) is 0 Å². The molecule has 0 saturated carbocycles. The van der Waals surface area contributed by atoms with Crippen LogP contribution in [0.15, 0.2) is 41.6 Å². The molecule has 0 aliphatic carbocycles. The number of anilines is 1. The molecule has 0 unspecified atom stereocenters. The summed E-state index contributed by atoms with van der Waals surface area (Å²) in [4.78, 5) is 20.6. The lowest BCUT2D eigenvalue weighted by molar-refractivity contribution is 0.167. The Labute approximate surface area is 180 Å². The molecule has 4 aromatic heterocycles. The number of aromatic amines is 1. The van der Waals surface area contributed by atoms with Crippen LogP contribution < -0.4 is 10.5 Å². The summed E-state index contributed by atoms with van der Waals surface area (Å²) >= 11 is 0. The van der Waals surface area contributed by atoms with E-state index in [1.165, 1.54) is 4.68 Å². The van der Waals surface area contributed by atoms with Gasteiger partial charge >= 0.3 is 0 Å². The SMILES string of the molecule is C[C@@H](O)Cn1cc(-c2cnc3ccc(N4C[C@@H](F)C[C@@H]4c4cc(F)c[nH]c4=O)nn23)nn1. The lowest BCUT2D eigenvalue weighted by Crippen LogP contribution is -2.29. The van der Waals surface area contributed by atoms with E-state index in [1.807, 2.05) is 0 Å². The molecule has 1 aliphatic rings. The quantitative estimate of drug-likeness (QED) is 0.481. The fraction of sp³-hybridized carbons (Fsp3) is 0.350. The normalized spacial score (nSPS) is 19.7. The highest BCUT2D eigenvalue weighted by Gasteiger charge is 2.36. The first kappa shape index (κ1) is 20.2. The van der Waals surface area contributed by atoms with Crippen molar-refractivity contribution in [2.45, 2.75) is 38.2 Å². The van der Waals surface area contributed by atoms with Crippen LogP contribution in [0.1, 0.15) is 24.9 Å². The predicted molar refractivity (Wildman–Crippen MR) is 110 cm³/mol. The van der Waals surface area contributed by atoms with Crippen molar-refractivity contribution >= 4 is 11.5 Å². The molecular formula is C20H20F2N8O2. The van der Waals surface area contributed by atoms with Crippen molar-refractivity contribution in [3.05, 3.63) is 58.5 Å². The number of aliphatic hydroxyl groups excluding tert-OH is 1. The highest BCUT2D eigenvalue weighted by atomic mass is 19.1. The van der Waals surface area contributed by atoms with Crippen LogP contribution in [-0.4, -0.2) is 58.5 Å². The Balaban J connectivity index is 1.54. The van der Waals surface area contributed by atoms with Gasteiger partial charge in [0.1, 0.15) is 29.2 Å². The molecule has 5 rings (SSSR count). The molecule has 1 fully saturated rings. The summed E-state index contributed by atoms with van der Waals surface area (Å²) < 4.78 is 31.2. The standard InChI is InChI=1S/C20H20F2N8O2/c1-11(31)8-28-10-15(25-27-28)17-7-23-18-2-3-19(26-30(17)18)29-9-13(22)5-16(29)14-4-12(21)6-24-20(14)32/h2-4,6-7,10-11,13,16,31H,5,8-9H2,1H3,(H,24,32)/t11-,13+,16-/m1/s1. The molecule has 10 nitrogen and oxygen atoms in total. The monoisotopic (exact) mass is 442 g/mol. The molecule has 1 saturated heterocycles. The number of nitrogens with one attached hydrogen (secondary N) is 1. The van der Waals surface area contributed by atoms with E-state index >= 15 is 0 Å². The van der Waals surface area contributed by atoms with Crippen LogP contribution in [-0.2, 0) is 6.54 Å². The minimum absolute atomic E-state index is 0.0216. The smallest absolute Gasteiger partial charge is 0.253 e. The third-order valence-corrected chi connectivity index (χ3v) is 5.40. The van der Waals surface area contributed by atoms with E-state index in [9.17, 15) is 18.7 Å². The lowest BCUT2D eigenvalue weighted by Gasteiger charge is -2.25. The highest BCUT2D eigenvalue weighted by Crippen LogP contribution is 2.35. The number of rotatable bonds is 5. The summed E-state index contributed by atoms with van der Waals surface area (Å²) in [7, 11) is 0. The van der Waals surface area contributed by atoms with Crippen molar-refractivity contribution in [1.29, 1.82) is 0 Å². The zero-order valence-corrected chi connectivity index (χ0v) is 17.1. The third kappa shape index (κ3) is 3.62. The van der Waals surface area contributed by atoms with Crippen molar-refractivity contribution in [1.82, 2.24) is 34.6 Å². The number of hydrogen-bond acceptors (Lipinski definition) is 7. The van der Waals surface area contributed by atoms with E-state index in [4.69, 9.17) is 0 Å². The van der Waals surface area contributed by atoms with Crippen molar-refractivity contribution < 1.29 is 13.9 Å². The number of imidazole rings is 1. The van der Waals surface area contributed by atoms with Gasteiger partial charge in [0.05, 0.1) is 37.6 Å². The first-order valence-electron chi connectivity index (χ1n) is 10.1. The molecule has 4 aromatic rings. The third-order valence-electron chi connectivity index (χ3n) is 5.40. The van der Waals surface area contributed by atoms with Crippen LogP contribution in [0, 0.1) is 5.82 Å². The van der Waals surface area contributed by atoms with Gasteiger partial charge in [-0.25, -0.2) is 23.0 Å². The van der Waals surface area contributed by atoms with Crippen LogP contribution in [0.5, 0.6) is 0 Å². The van der Waals surface area contributed by atoms with Gasteiger partial charge in [-0.05, 0) is 25.1 Å². The molecule has 166 valence electrons. The summed E-state index contributed by atoms with van der Waals surface area (Å²) in [5.41, 5.74) is 1.30. The maximum Gasteiger partial charge on any atom is 0.253 e. The van der Waals surface area contributed by atoms with Gasteiger partial charge in [-0.15, -0.1) is 10.2 Å². The van der Waals surface area contributed by atoms with Gasteiger partial charge < -0.3 is 15.0 Å². The second-order valence-electron chi connectivity index (χ2n) is 7.88. The minimum atomic E-state index is -1.19. The largest absolute Gasteiger partial charge is 0.391 e. The van der Waals surface area contributed by atoms with Gasteiger partial charge in [-0.3, -0.25) is 4.79 Å². The summed E-state index contributed by atoms with van der Waals surface area (Å²) in [6.07, 6.45) is 2.53. The molecule has 1 aliphatic heterocycles. The molecule has 0 spiro atoms. The van der Waals surface area contributed by atoms with Gasteiger partial charge in [-0.1, -0.05) is 5.21 Å². The van der Waals surface area contributed by atoms with E-state index in [1.54, 1.807) is 40.9 Å². The van der Waals surface area contributed by atoms with Crippen LogP contribution in [0.25, 0.3) is 17.0 Å². The van der Waals surface area contributed by atoms with E-state index in [0.29, 0.717) is 22.9 Å². The number of halogens is 2. The molecule has 3 atom stereocenters. The fourth-order valence-electron chi connectivity index (χ4n) is 4.02. The Morgan fingerprint density at radius 2 is 2.22 bits per heavy atom. The summed E-state index contributed by atoms with van der Waals surface area (Å²) in [5, 5.41) is 22.3. The molecule has 0 radical (unpaired) electrons. The molecule has 0 aromatic carbocycles. The minimum Gasteiger partial charge on any atom is -0.391 e. The van der Waals surface area contributed by atoms with Gasteiger partial charge in [0.25, 0.3) is 5.56 Å². The molecule has 0 amide bonds. The number of aliphatic hydroxyl groups is 1. The molecule has 5 heterocycles. The molecule has 12 heteroatoms. The molecular weight excluding hydrogens is 422 g/mol. The van der Waals surface area contributed by atoms with E-state index < -0.39 is 29.7 Å². The first-order valence-corrected chi connectivity index (χ1v) is 10.1. The Kier molecular flexibility index (Phi) is 4.93. The number of aromatic nitrogens is 7. The highest BCUT2D eigenvalue weighted by molar-refractivity contribution is 5.60. The van der Waals surface area contributed by atoms with Gasteiger partial charge in [0, 0.05) is 18.2 Å². The van der Waals surface area contributed by atoms with E-state index in [2.05, 4.69) is 25.4 Å². The average Bonchev–Trinajstić information content (AvgIpc) is 3.47. The van der Waals surface area contributed by atoms with Crippen molar-refractivity contribution in [2.24, 2.45) is 0 Å². The second kappa shape index (κ2) is 7.79. The van der Waals surface area contributed by atoms with Crippen molar-refractivity contribution in [3.63, 3.8) is 0 Å². The Morgan fingerprint density at radius 1 is 1.38 bits per heavy atom. The number of pyridine rings is 1. The Hall–Kier alpha value is -3.67. The maximum atomic E-state index is 14.4. The molecule has 0 bridgehead atoms. The lowest BCUT2D eigenvalue weighted by atomic mass is 10.1. The van der Waals surface area contributed by atoms with Crippen LogP contribution >= 0.6 is 0 Å². The Bertz CT molecular complexity index is 1330. The maximum absolute atomic E-state index is 14.4. The van der Waals surface area contributed by atoms with Gasteiger partial charge in [0.2, 0.25) is 0 Å². The van der Waals surface area contributed by atoms with E-state index in [-0.39, 0.29) is 25.1 Å². The summed E-state index contributed by atoms with van der Waals surface area (Å²) in [6.45, 7) is 1.96. The van der Waals surface area contributed by atoms with Crippen LogP contribution in [0.3, 0.4) is 0 Å². The van der Waals surface area contributed by atoms with Gasteiger partial charge in [0.15, 0.2) is 5.65 Å².